The summed E-state index contributed by atoms with van der Waals surface area (Å²) in [6, 6.07) is 2.32. The maximum Gasteiger partial charge on any atom is -0.0302 e. The molecule has 0 unspecified atom stereocenters. The maximum atomic E-state index is 2.32. The SMILES string of the molecule is C.CC.CC.CC.CC(C)C.CCC.CCCC.CCc1c(C)cc(C)c(CC)c1C. The van der Waals surface area contributed by atoms with Crippen molar-refractivity contribution in [3.05, 3.63) is 33.9 Å². The minimum atomic E-state index is 0. The molecule has 0 atom stereocenters. The zero-order valence-electron chi connectivity index (χ0n) is 25.2. The highest BCUT2D eigenvalue weighted by Gasteiger charge is 2.07. The Balaban J connectivity index is -0.0000000537. The summed E-state index contributed by atoms with van der Waals surface area (Å²) in [7, 11) is 0. The molecular weight excluding hydrogens is 372 g/mol. The summed E-state index contributed by atoms with van der Waals surface area (Å²) in [5.41, 5.74) is 7.51. The van der Waals surface area contributed by atoms with Gasteiger partial charge in [0.15, 0.2) is 0 Å². The third-order valence-corrected chi connectivity index (χ3v) is 3.50. The van der Waals surface area contributed by atoms with Crippen LogP contribution in [-0.2, 0) is 12.8 Å². The van der Waals surface area contributed by atoms with E-state index in [1.165, 1.54) is 36.0 Å². The average molecular weight is 443 g/mol. The lowest BCUT2D eigenvalue weighted by atomic mass is 9.91. The molecule has 31 heavy (non-hydrogen) atoms. The molecule has 0 aliphatic heterocycles. The van der Waals surface area contributed by atoms with Crippen molar-refractivity contribution in [3.63, 3.8) is 0 Å². The Morgan fingerprint density at radius 1 is 0.581 bits per heavy atom. The summed E-state index contributed by atoms with van der Waals surface area (Å²) in [5, 5.41) is 0. The molecule has 0 aliphatic carbocycles. The zero-order chi connectivity index (χ0) is 25.7. The first-order chi connectivity index (χ1) is 14.2. The van der Waals surface area contributed by atoms with Crippen LogP contribution in [0.3, 0.4) is 0 Å². The van der Waals surface area contributed by atoms with Crippen LogP contribution in [0.15, 0.2) is 6.07 Å². The van der Waals surface area contributed by atoms with Crippen molar-refractivity contribution < 1.29 is 0 Å². The van der Waals surface area contributed by atoms with E-state index in [2.05, 4.69) is 89.2 Å². The predicted molar refractivity (Wildman–Crippen MR) is 157 cm³/mol. The van der Waals surface area contributed by atoms with Crippen molar-refractivity contribution >= 4 is 0 Å². The summed E-state index contributed by atoms with van der Waals surface area (Å²) in [6.45, 7) is 38.3. The molecule has 0 nitrogen and oxygen atoms in total. The molecule has 1 aromatic rings. The number of aryl methyl sites for hydroxylation is 2. The second-order valence-corrected chi connectivity index (χ2v) is 7.24. The molecule has 0 radical (unpaired) electrons. The van der Waals surface area contributed by atoms with Crippen molar-refractivity contribution in [2.24, 2.45) is 5.92 Å². The van der Waals surface area contributed by atoms with Gasteiger partial charge in [0.2, 0.25) is 0 Å². The van der Waals surface area contributed by atoms with Crippen molar-refractivity contribution in [2.45, 2.75) is 164 Å². The van der Waals surface area contributed by atoms with Crippen LogP contribution in [0.5, 0.6) is 0 Å². The monoisotopic (exact) mass is 443 g/mol. The van der Waals surface area contributed by atoms with E-state index in [0.29, 0.717) is 0 Å². The summed E-state index contributed by atoms with van der Waals surface area (Å²) >= 11 is 0. The van der Waals surface area contributed by atoms with Gasteiger partial charge in [0, 0.05) is 0 Å². The van der Waals surface area contributed by atoms with E-state index in [1.807, 2.05) is 41.5 Å². The fourth-order valence-corrected chi connectivity index (χ4v) is 2.36. The quantitative estimate of drug-likeness (QED) is 0.436. The first kappa shape index (κ1) is 47.9. The molecule has 1 rings (SSSR count). The first-order valence-electron chi connectivity index (χ1n) is 13.3. The van der Waals surface area contributed by atoms with E-state index in [9.17, 15) is 0 Å². The fourth-order valence-electron chi connectivity index (χ4n) is 2.36. The van der Waals surface area contributed by atoms with Crippen molar-refractivity contribution in [2.75, 3.05) is 0 Å². The number of unbranched alkanes of at least 4 members (excludes halogenated alkanes) is 1. The molecular formula is C31H70. The van der Waals surface area contributed by atoms with E-state index in [4.69, 9.17) is 0 Å². The highest BCUT2D eigenvalue weighted by molar-refractivity contribution is 5.44. The van der Waals surface area contributed by atoms with Gasteiger partial charge >= 0.3 is 0 Å². The first-order valence-corrected chi connectivity index (χ1v) is 13.3. The van der Waals surface area contributed by atoms with Gasteiger partial charge < -0.3 is 0 Å². The van der Waals surface area contributed by atoms with Crippen molar-refractivity contribution in [1.82, 2.24) is 0 Å². The van der Waals surface area contributed by atoms with E-state index in [1.54, 1.807) is 11.1 Å². The van der Waals surface area contributed by atoms with E-state index >= 15 is 0 Å². The summed E-state index contributed by atoms with van der Waals surface area (Å²) < 4.78 is 0. The topological polar surface area (TPSA) is 0 Å². The second kappa shape index (κ2) is 43.2. The van der Waals surface area contributed by atoms with Gasteiger partial charge in [-0.3, -0.25) is 0 Å². The minimum Gasteiger partial charge on any atom is -0.0776 e. The summed E-state index contributed by atoms with van der Waals surface area (Å²) in [6.07, 6.45) is 6.20. The van der Waals surface area contributed by atoms with Gasteiger partial charge in [0.05, 0.1) is 0 Å². The Bertz CT molecular complexity index is 353. The predicted octanol–water partition coefficient (Wildman–Crippen LogP) is 12.3. The van der Waals surface area contributed by atoms with Gasteiger partial charge in [-0.15, -0.1) is 0 Å². The Kier molecular flexibility index (Phi) is 66.6. The molecule has 194 valence electrons. The third-order valence-electron chi connectivity index (χ3n) is 3.50. The average Bonchev–Trinajstić information content (AvgIpc) is 2.73. The minimum absolute atomic E-state index is 0. The highest BCUT2D eigenvalue weighted by atomic mass is 14.1. The summed E-state index contributed by atoms with van der Waals surface area (Å²) in [5.74, 6) is 0.833. The number of benzene rings is 1. The van der Waals surface area contributed by atoms with E-state index < -0.39 is 0 Å². The van der Waals surface area contributed by atoms with Crippen molar-refractivity contribution in [3.8, 4) is 0 Å². The van der Waals surface area contributed by atoms with Gasteiger partial charge in [-0.2, -0.15) is 0 Å². The molecule has 1 aromatic carbocycles. The fraction of sp³-hybridized carbons (Fsp3) is 0.806. The highest BCUT2D eigenvalue weighted by Crippen LogP contribution is 2.22. The smallest absolute Gasteiger partial charge is 0.0302 e. The van der Waals surface area contributed by atoms with E-state index in [0.717, 1.165) is 18.8 Å². The molecule has 0 saturated carbocycles. The lowest BCUT2D eigenvalue weighted by Crippen LogP contribution is -1.99. The van der Waals surface area contributed by atoms with Gasteiger partial charge in [-0.05, 0) is 67.3 Å². The maximum absolute atomic E-state index is 2.32. The molecule has 0 N–H and O–H groups in total. The molecule has 0 amide bonds. The Labute approximate surface area is 204 Å². The molecule has 0 heterocycles. The Hall–Kier alpha value is -0.780. The van der Waals surface area contributed by atoms with Crippen molar-refractivity contribution in [1.29, 1.82) is 0 Å². The normalized spacial score (nSPS) is 7.71. The standard InChI is InChI=1S/C13H20.2C4H10.C3H8.3C2H6.CH4/c1-6-12-9(3)8-10(4)13(7-2)11(12)5;1-4(2)3;1-3-4-2;1-3-2;3*1-2;/h8H,6-7H2,1-5H3;4H,1-3H3;3-4H2,1-2H3;3H2,1-2H3;3*1-2H3;1H4. The van der Waals surface area contributed by atoms with Gasteiger partial charge in [0.1, 0.15) is 0 Å². The lowest BCUT2D eigenvalue weighted by molar-refractivity contribution is 0.737. The van der Waals surface area contributed by atoms with Crippen LogP contribution in [0.2, 0.25) is 0 Å². The van der Waals surface area contributed by atoms with Crippen LogP contribution in [0.4, 0.5) is 0 Å². The van der Waals surface area contributed by atoms with E-state index in [-0.39, 0.29) is 7.43 Å². The zero-order valence-corrected chi connectivity index (χ0v) is 25.2. The second-order valence-electron chi connectivity index (χ2n) is 7.24. The molecule has 0 bridgehead atoms. The van der Waals surface area contributed by atoms with Crippen LogP contribution in [0.25, 0.3) is 0 Å². The van der Waals surface area contributed by atoms with Crippen LogP contribution in [-0.4, -0.2) is 0 Å². The van der Waals surface area contributed by atoms with Gasteiger partial charge in [-0.25, -0.2) is 0 Å². The summed E-state index contributed by atoms with van der Waals surface area (Å²) in [4.78, 5) is 0. The Morgan fingerprint density at radius 2 is 0.774 bits per heavy atom. The largest absolute Gasteiger partial charge is 0.0776 e. The molecule has 0 heteroatoms. The number of hydrogen-bond acceptors (Lipinski definition) is 0. The lowest BCUT2D eigenvalue weighted by Gasteiger charge is -2.15. The van der Waals surface area contributed by atoms with Crippen LogP contribution >= 0.6 is 0 Å². The van der Waals surface area contributed by atoms with Crippen LogP contribution in [0, 0.1) is 26.7 Å². The molecule has 0 spiro atoms. The van der Waals surface area contributed by atoms with Crippen LogP contribution in [0.1, 0.15) is 158 Å². The van der Waals surface area contributed by atoms with Gasteiger partial charge in [0.25, 0.3) is 0 Å². The molecule has 0 aliphatic rings. The molecule has 0 fully saturated rings. The third kappa shape index (κ3) is 36.9. The van der Waals surface area contributed by atoms with Gasteiger partial charge in [-0.1, -0.05) is 137 Å². The molecule has 0 aromatic heterocycles. The van der Waals surface area contributed by atoms with Crippen LogP contribution < -0.4 is 0 Å². The number of rotatable bonds is 3. The molecule has 0 saturated heterocycles. The Morgan fingerprint density at radius 3 is 0.903 bits per heavy atom. The number of hydrogen-bond donors (Lipinski definition) is 0.